The van der Waals surface area contributed by atoms with Gasteiger partial charge in [-0.15, -0.1) is 11.3 Å². The van der Waals surface area contributed by atoms with Gasteiger partial charge in [0.15, 0.2) is 5.13 Å². The molecule has 1 aliphatic heterocycles. The van der Waals surface area contributed by atoms with Crippen LogP contribution < -0.4 is 5.32 Å². The molecule has 0 spiro atoms. The molecule has 1 fully saturated rings. The van der Waals surface area contributed by atoms with Gasteiger partial charge in [0.2, 0.25) is 0 Å². The van der Waals surface area contributed by atoms with E-state index < -0.39 is 4.92 Å². The van der Waals surface area contributed by atoms with Gasteiger partial charge in [0.05, 0.1) is 29.4 Å². The molecule has 2 unspecified atom stereocenters. The first kappa shape index (κ1) is 24.0. The van der Waals surface area contributed by atoms with E-state index in [9.17, 15) is 14.9 Å². The molecule has 11 heteroatoms. The summed E-state index contributed by atoms with van der Waals surface area (Å²) in [5.41, 5.74) is 3.26. The largest absolute Gasteiger partial charge is 0.373 e. The number of amides is 1. The van der Waals surface area contributed by atoms with Gasteiger partial charge >= 0.3 is 5.69 Å². The first-order valence-electron chi connectivity index (χ1n) is 11.1. The Morgan fingerprint density at radius 2 is 1.88 bits per heavy atom. The summed E-state index contributed by atoms with van der Waals surface area (Å²) in [7, 11) is 0. The van der Waals surface area contributed by atoms with Crippen molar-refractivity contribution in [3.05, 3.63) is 68.0 Å². The van der Waals surface area contributed by atoms with Crippen molar-refractivity contribution in [3.63, 3.8) is 0 Å². The number of carbonyl (C=O) groups is 1. The van der Waals surface area contributed by atoms with Crippen molar-refractivity contribution in [2.75, 3.05) is 18.4 Å². The summed E-state index contributed by atoms with van der Waals surface area (Å²) in [6.07, 6.45) is 0.391. The van der Waals surface area contributed by atoms with Crippen LogP contribution in [0.15, 0.2) is 29.6 Å². The molecule has 4 rings (SSSR count). The highest BCUT2D eigenvalue weighted by atomic mass is 32.1. The normalized spacial score (nSPS) is 18.7. The lowest BCUT2D eigenvalue weighted by Crippen LogP contribution is -2.44. The predicted molar refractivity (Wildman–Crippen MR) is 129 cm³/mol. The lowest BCUT2D eigenvalue weighted by molar-refractivity contribution is -0.386. The second-order valence-electron chi connectivity index (χ2n) is 8.68. The summed E-state index contributed by atoms with van der Waals surface area (Å²) in [6.45, 7) is 10.3. The number of hydrogen-bond donors (Lipinski definition) is 1. The predicted octanol–water partition coefficient (Wildman–Crippen LogP) is 3.77. The molecular weight excluding hydrogens is 456 g/mol. The number of nitro groups is 1. The minimum atomic E-state index is -0.409. The minimum Gasteiger partial charge on any atom is -0.373 e. The molecule has 1 N–H and O–H groups in total. The summed E-state index contributed by atoms with van der Waals surface area (Å²) in [5.74, 6) is -0.234. The van der Waals surface area contributed by atoms with Gasteiger partial charge in [0, 0.05) is 30.6 Å². The third-order valence-corrected chi connectivity index (χ3v) is 6.53. The maximum Gasteiger partial charge on any atom is 0.312 e. The van der Waals surface area contributed by atoms with Crippen molar-refractivity contribution in [3.8, 4) is 0 Å². The second kappa shape index (κ2) is 10.00. The zero-order valence-corrected chi connectivity index (χ0v) is 20.5. The van der Waals surface area contributed by atoms with E-state index in [4.69, 9.17) is 4.74 Å². The second-order valence-corrected chi connectivity index (χ2v) is 9.54. The first-order valence-corrected chi connectivity index (χ1v) is 12.0. The lowest BCUT2D eigenvalue weighted by Gasteiger charge is -2.34. The van der Waals surface area contributed by atoms with E-state index in [0.29, 0.717) is 28.6 Å². The zero-order valence-electron chi connectivity index (χ0n) is 19.6. The molecule has 0 bridgehead atoms. The Hall–Kier alpha value is -3.15. The number of aromatic nitrogens is 3. The number of ether oxygens (including phenoxy) is 1. The van der Waals surface area contributed by atoms with Gasteiger partial charge in [-0.3, -0.25) is 29.8 Å². The topological polar surface area (TPSA) is 115 Å². The van der Waals surface area contributed by atoms with Crippen molar-refractivity contribution in [2.24, 2.45) is 0 Å². The highest BCUT2D eigenvalue weighted by Gasteiger charge is 2.23. The highest BCUT2D eigenvalue weighted by molar-refractivity contribution is 7.14. The van der Waals surface area contributed by atoms with E-state index in [-0.39, 0.29) is 23.8 Å². The van der Waals surface area contributed by atoms with E-state index in [1.807, 2.05) is 17.5 Å². The van der Waals surface area contributed by atoms with Crippen LogP contribution in [0, 0.1) is 24.0 Å². The maximum atomic E-state index is 12.7. The summed E-state index contributed by atoms with van der Waals surface area (Å²) >= 11 is 1.41. The van der Waals surface area contributed by atoms with Crippen LogP contribution in [0.4, 0.5) is 10.8 Å². The highest BCUT2D eigenvalue weighted by Crippen LogP contribution is 2.23. The van der Waals surface area contributed by atoms with Gasteiger partial charge in [-0.25, -0.2) is 4.98 Å². The Morgan fingerprint density at radius 3 is 2.50 bits per heavy atom. The minimum absolute atomic E-state index is 0.0384. The van der Waals surface area contributed by atoms with Crippen LogP contribution in [0.3, 0.4) is 0 Å². The Morgan fingerprint density at radius 1 is 1.21 bits per heavy atom. The Kier molecular flexibility index (Phi) is 7.05. The number of aryl methyl sites for hydroxylation is 1. The van der Waals surface area contributed by atoms with Crippen molar-refractivity contribution < 1.29 is 14.5 Å². The Bertz CT molecular complexity index is 1180. The van der Waals surface area contributed by atoms with E-state index in [1.165, 1.54) is 11.3 Å². The summed E-state index contributed by atoms with van der Waals surface area (Å²) < 4.78 is 7.38. The molecular formula is C23H28N6O4S. The number of nitrogens with zero attached hydrogens (tertiary/aromatic N) is 5. The fourth-order valence-corrected chi connectivity index (χ4v) is 4.99. The van der Waals surface area contributed by atoms with E-state index in [1.54, 1.807) is 30.7 Å². The quantitative estimate of drug-likeness (QED) is 0.401. The molecule has 0 saturated carbocycles. The van der Waals surface area contributed by atoms with Crippen LogP contribution in [0.2, 0.25) is 0 Å². The van der Waals surface area contributed by atoms with Crippen LogP contribution in [0.25, 0.3) is 0 Å². The van der Waals surface area contributed by atoms with Crippen LogP contribution in [0.5, 0.6) is 0 Å². The molecule has 180 valence electrons. The number of hydrogen-bond acceptors (Lipinski definition) is 8. The van der Waals surface area contributed by atoms with Crippen molar-refractivity contribution in [2.45, 2.75) is 53.0 Å². The maximum absolute atomic E-state index is 12.7. The number of carbonyl (C=O) groups excluding carboxylic acids is 1. The summed E-state index contributed by atoms with van der Waals surface area (Å²) in [4.78, 5) is 30.4. The van der Waals surface area contributed by atoms with E-state index in [0.717, 1.165) is 30.9 Å². The molecule has 3 aromatic rings. The van der Waals surface area contributed by atoms with Gasteiger partial charge in [0.25, 0.3) is 5.91 Å². The Labute approximate surface area is 201 Å². The van der Waals surface area contributed by atoms with Gasteiger partial charge in [-0.05, 0) is 45.4 Å². The van der Waals surface area contributed by atoms with Crippen LogP contribution >= 0.6 is 11.3 Å². The first-order chi connectivity index (χ1) is 16.2. The molecule has 10 nitrogen and oxygen atoms in total. The van der Waals surface area contributed by atoms with Gasteiger partial charge in [-0.1, -0.05) is 12.1 Å². The Balaban J connectivity index is 1.36. The van der Waals surface area contributed by atoms with Gasteiger partial charge < -0.3 is 4.74 Å². The average Bonchev–Trinajstić information content (AvgIpc) is 3.30. The fraction of sp³-hybridized carbons (Fsp3) is 0.435. The number of anilines is 1. The molecule has 2 aromatic heterocycles. The molecule has 1 amide bonds. The fourth-order valence-electron chi connectivity index (χ4n) is 4.29. The number of thiazole rings is 1. The van der Waals surface area contributed by atoms with Crippen LogP contribution in [-0.4, -0.2) is 55.8 Å². The molecule has 1 saturated heterocycles. The van der Waals surface area contributed by atoms with Crippen molar-refractivity contribution in [1.29, 1.82) is 0 Å². The summed E-state index contributed by atoms with van der Waals surface area (Å²) in [6, 6.07) is 7.11. The van der Waals surface area contributed by atoms with Crippen LogP contribution in [0.1, 0.15) is 46.9 Å². The molecule has 2 atom stereocenters. The third-order valence-electron chi connectivity index (χ3n) is 5.73. The number of morpholine rings is 1. The SMILES string of the molecule is Cc1nn(Cc2ccc(C(=O)Nc3nc(CN4CC(C)OC(C)C4)cs3)cc2)c(C)c1[N+](=O)[O-]. The molecule has 1 aliphatic rings. The van der Waals surface area contributed by atoms with E-state index in [2.05, 4.69) is 34.1 Å². The van der Waals surface area contributed by atoms with Crippen LogP contribution in [-0.2, 0) is 17.8 Å². The van der Waals surface area contributed by atoms with Gasteiger partial charge in [-0.2, -0.15) is 5.10 Å². The van der Waals surface area contributed by atoms with Crippen molar-refractivity contribution >= 4 is 28.1 Å². The van der Waals surface area contributed by atoms with Crippen molar-refractivity contribution in [1.82, 2.24) is 19.7 Å². The lowest BCUT2D eigenvalue weighted by atomic mass is 10.1. The monoisotopic (exact) mass is 484 g/mol. The zero-order chi connectivity index (χ0) is 24.4. The van der Waals surface area contributed by atoms with E-state index >= 15 is 0 Å². The summed E-state index contributed by atoms with van der Waals surface area (Å²) in [5, 5.41) is 20.9. The number of nitrogens with one attached hydrogen (secondary N) is 1. The van der Waals surface area contributed by atoms with Gasteiger partial charge in [0.1, 0.15) is 11.4 Å². The molecule has 0 radical (unpaired) electrons. The molecule has 1 aromatic carbocycles. The molecule has 3 heterocycles. The number of rotatable bonds is 7. The average molecular weight is 485 g/mol. The standard InChI is InChI=1S/C23H28N6O4S/c1-14-9-27(10-15(2)33-14)12-20-13-34-23(24-20)25-22(30)19-7-5-18(6-8-19)11-28-17(4)21(29(31)32)16(3)26-28/h5-8,13-15H,9-12H2,1-4H3,(H,24,25,30). The molecule has 34 heavy (non-hydrogen) atoms. The third kappa shape index (κ3) is 5.49. The number of benzene rings is 1. The smallest absolute Gasteiger partial charge is 0.312 e. The molecule has 0 aliphatic carbocycles.